The fourth-order valence-electron chi connectivity index (χ4n) is 2.86. The second-order valence-corrected chi connectivity index (χ2v) is 6.05. The predicted molar refractivity (Wildman–Crippen MR) is 92.0 cm³/mol. The maximum Gasteiger partial charge on any atom is 0.307 e. The van der Waals surface area contributed by atoms with Crippen molar-refractivity contribution in [3.05, 3.63) is 44.5 Å². The van der Waals surface area contributed by atoms with Gasteiger partial charge in [-0.05, 0) is 37.5 Å². The average Bonchev–Trinajstić information content (AvgIpc) is 2.76. The maximum absolute atomic E-state index is 11.8. The highest BCUT2D eigenvalue weighted by Crippen LogP contribution is 2.30. The molecule has 0 bridgehead atoms. The van der Waals surface area contributed by atoms with Crippen molar-refractivity contribution in [2.24, 2.45) is 0 Å². The normalized spacial score (nSPS) is 13.7. The van der Waals surface area contributed by atoms with E-state index >= 15 is 0 Å². The molecule has 0 saturated carbocycles. The molecule has 0 amide bonds. The lowest BCUT2D eigenvalue weighted by Gasteiger charge is -2.32. The Morgan fingerprint density at radius 2 is 2.14 bits per heavy atom. The Kier molecular flexibility index (Phi) is 4.96. The molecule has 4 nitrogen and oxygen atoms in total. The molecule has 0 fully saturated rings. The van der Waals surface area contributed by atoms with Gasteiger partial charge in [-0.2, -0.15) is 0 Å². The number of hydrogen-bond donors (Lipinski definition) is 1. The summed E-state index contributed by atoms with van der Waals surface area (Å²) in [6.07, 6.45) is 2.18. The number of aromatic nitrogens is 1. The van der Waals surface area contributed by atoms with Crippen LogP contribution in [0.15, 0.2) is 28.4 Å². The Morgan fingerprint density at radius 3 is 2.86 bits per heavy atom. The standard InChI is InChI=1S/C15H19N3OS.ClH/c1-11-10-20-15(19)18(11)9-8-17-7-3-4-12-13(16)5-2-6-14(12)17;/h2,5-6,10H,3-4,7-9,16H2,1H3;1H. The average molecular weight is 326 g/mol. The number of hydrogen-bond acceptors (Lipinski definition) is 4. The van der Waals surface area contributed by atoms with Gasteiger partial charge in [0, 0.05) is 42.1 Å². The maximum atomic E-state index is 11.8. The van der Waals surface area contributed by atoms with Gasteiger partial charge >= 0.3 is 4.87 Å². The van der Waals surface area contributed by atoms with Crippen molar-refractivity contribution in [2.75, 3.05) is 23.7 Å². The zero-order valence-corrected chi connectivity index (χ0v) is 13.7. The van der Waals surface area contributed by atoms with Crippen LogP contribution in [0.1, 0.15) is 17.7 Å². The van der Waals surface area contributed by atoms with E-state index in [0.717, 1.165) is 43.9 Å². The highest BCUT2D eigenvalue weighted by Gasteiger charge is 2.18. The van der Waals surface area contributed by atoms with Gasteiger partial charge in [-0.15, -0.1) is 12.4 Å². The number of aryl methyl sites for hydroxylation is 1. The molecule has 2 aromatic rings. The van der Waals surface area contributed by atoms with E-state index in [1.165, 1.54) is 22.6 Å². The largest absolute Gasteiger partial charge is 0.398 e. The van der Waals surface area contributed by atoms with Crippen LogP contribution in [-0.2, 0) is 13.0 Å². The predicted octanol–water partition coefficient (Wildman–Crippen LogP) is 2.68. The van der Waals surface area contributed by atoms with E-state index in [2.05, 4.69) is 11.0 Å². The molecule has 0 unspecified atom stereocenters. The molecule has 0 atom stereocenters. The number of halogens is 1. The number of nitrogens with zero attached hydrogens (tertiary/aromatic N) is 2. The monoisotopic (exact) mass is 325 g/mol. The lowest BCUT2D eigenvalue weighted by Crippen LogP contribution is -2.34. The second kappa shape index (κ2) is 6.54. The SMILES string of the molecule is Cc1csc(=O)n1CCN1CCCc2c(N)cccc21.Cl. The van der Waals surface area contributed by atoms with E-state index in [4.69, 9.17) is 5.73 Å². The van der Waals surface area contributed by atoms with Crippen molar-refractivity contribution >= 4 is 35.1 Å². The Labute approximate surface area is 134 Å². The van der Waals surface area contributed by atoms with Gasteiger partial charge in [0.2, 0.25) is 0 Å². The first kappa shape index (κ1) is 15.9. The Bertz CT molecular complexity index is 680. The minimum atomic E-state index is 0. The first-order chi connectivity index (χ1) is 9.66. The highest BCUT2D eigenvalue weighted by atomic mass is 35.5. The molecule has 0 aliphatic carbocycles. The van der Waals surface area contributed by atoms with Crippen LogP contribution < -0.4 is 15.5 Å². The summed E-state index contributed by atoms with van der Waals surface area (Å²) < 4.78 is 1.85. The summed E-state index contributed by atoms with van der Waals surface area (Å²) in [5.41, 5.74) is 10.5. The van der Waals surface area contributed by atoms with E-state index < -0.39 is 0 Å². The van der Waals surface area contributed by atoms with Crippen LogP contribution in [0, 0.1) is 6.92 Å². The van der Waals surface area contributed by atoms with Crippen LogP contribution in [0.4, 0.5) is 11.4 Å². The Hall–Kier alpha value is -1.46. The summed E-state index contributed by atoms with van der Waals surface area (Å²) in [5.74, 6) is 0. The molecule has 114 valence electrons. The van der Waals surface area contributed by atoms with E-state index in [1.807, 2.05) is 29.0 Å². The van der Waals surface area contributed by atoms with Gasteiger partial charge in [-0.1, -0.05) is 17.4 Å². The van der Waals surface area contributed by atoms with Crippen LogP contribution in [0.3, 0.4) is 0 Å². The van der Waals surface area contributed by atoms with Gasteiger partial charge in [0.05, 0.1) is 0 Å². The number of thiazole rings is 1. The summed E-state index contributed by atoms with van der Waals surface area (Å²) in [7, 11) is 0. The third-order valence-corrected chi connectivity index (χ3v) is 4.83. The topological polar surface area (TPSA) is 51.3 Å². The molecule has 21 heavy (non-hydrogen) atoms. The van der Waals surface area contributed by atoms with Crippen molar-refractivity contribution in [1.29, 1.82) is 0 Å². The molecule has 3 rings (SSSR count). The van der Waals surface area contributed by atoms with E-state index in [9.17, 15) is 4.79 Å². The van der Waals surface area contributed by atoms with E-state index in [1.54, 1.807) is 0 Å². The van der Waals surface area contributed by atoms with Crippen molar-refractivity contribution in [1.82, 2.24) is 4.57 Å². The Morgan fingerprint density at radius 1 is 1.33 bits per heavy atom. The van der Waals surface area contributed by atoms with Crippen molar-refractivity contribution in [3.8, 4) is 0 Å². The molecule has 0 radical (unpaired) electrons. The quantitative estimate of drug-likeness (QED) is 0.883. The molecule has 1 aromatic carbocycles. The fraction of sp³-hybridized carbons (Fsp3) is 0.400. The minimum absolute atomic E-state index is 0. The summed E-state index contributed by atoms with van der Waals surface area (Å²) in [6, 6.07) is 6.11. The molecule has 1 aliphatic rings. The molecule has 2 N–H and O–H groups in total. The fourth-order valence-corrected chi connectivity index (χ4v) is 3.62. The van der Waals surface area contributed by atoms with Crippen LogP contribution >= 0.6 is 23.7 Å². The minimum Gasteiger partial charge on any atom is -0.398 e. The number of rotatable bonds is 3. The second-order valence-electron chi connectivity index (χ2n) is 5.23. The van der Waals surface area contributed by atoms with Crippen LogP contribution in [0.25, 0.3) is 0 Å². The summed E-state index contributed by atoms with van der Waals surface area (Å²) >= 11 is 1.27. The number of anilines is 2. The first-order valence-corrected chi connectivity index (χ1v) is 7.82. The van der Waals surface area contributed by atoms with Crippen LogP contribution in [0.5, 0.6) is 0 Å². The first-order valence-electron chi connectivity index (χ1n) is 6.94. The summed E-state index contributed by atoms with van der Waals surface area (Å²) in [6.45, 7) is 4.62. The van der Waals surface area contributed by atoms with Gasteiger partial charge in [-0.25, -0.2) is 0 Å². The number of benzene rings is 1. The van der Waals surface area contributed by atoms with Crippen LogP contribution in [-0.4, -0.2) is 17.7 Å². The van der Waals surface area contributed by atoms with Crippen molar-refractivity contribution < 1.29 is 0 Å². The molecule has 6 heteroatoms. The molecule has 2 heterocycles. The van der Waals surface area contributed by atoms with Gasteiger partial charge in [0.1, 0.15) is 0 Å². The number of nitrogens with two attached hydrogens (primary N) is 1. The Balaban J connectivity index is 0.00000161. The van der Waals surface area contributed by atoms with Gasteiger partial charge in [0.15, 0.2) is 0 Å². The zero-order valence-electron chi connectivity index (χ0n) is 12.0. The van der Waals surface area contributed by atoms with Crippen molar-refractivity contribution in [3.63, 3.8) is 0 Å². The number of nitrogen functional groups attached to an aromatic ring is 1. The van der Waals surface area contributed by atoms with Gasteiger partial charge in [0.25, 0.3) is 0 Å². The summed E-state index contributed by atoms with van der Waals surface area (Å²) in [4.78, 5) is 14.2. The van der Waals surface area contributed by atoms with E-state index in [-0.39, 0.29) is 17.3 Å². The lowest BCUT2D eigenvalue weighted by atomic mass is 10.00. The molecular formula is C15H20ClN3OS. The van der Waals surface area contributed by atoms with Crippen molar-refractivity contribution in [2.45, 2.75) is 26.3 Å². The molecule has 1 aromatic heterocycles. The molecule has 0 spiro atoms. The van der Waals surface area contributed by atoms with Gasteiger partial charge < -0.3 is 15.2 Å². The molecule has 1 aliphatic heterocycles. The third-order valence-electron chi connectivity index (χ3n) is 3.95. The lowest BCUT2D eigenvalue weighted by molar-refractivity contribution is 0.609. The van der Waals surface area contributed by atoms with Crippen LogP contribution in [0.2, 0.25) is 0 Å². The van der Waals surface area contributed by atoms with E-state index in [0.29, 0.717) is 0 Å². The highest BCUT2D eigenvalue weighted by molar-refractivity contribution is 7.07. The summed E-state index contributed by atoms with van der Waals surface area (Å²) in [5, 5.41) is 1.92. The smallest absolute Gasteiger partial charge is 0.307 e. The third kappa shape index (κ3) is 3.09. The number of fused-ring (bicyclic) bond motifs is 1. The van der Waals surface area contributed by atoms with Gasteiger partial charge in [-0.3, -0.25) is 4.79 Å². The molecule has 0 saturated heterocycles. The zero-order chi connectivity index (χ0) is 14.1. The molecular weight excluding hydrogens is 306 g/mol.